The summed E-state index contributed by atoms with van der Waals surface area (Å²) >= 11 is 0. The van der Waals surface area contributed by atoms with Crippen molar-refractivity contribution in [2.75, 3.05) is 58.4 Å². The van der Waals surface area contributed by atoms with Crippen molar-refractivity contribution in [1.82, 2.24) is 9.21 Å². The second-order valence-corrected chi connectivity index (χ2v) is 8.10. The third-order valence-electron chi connectivity index (χ3n) is 4.71. The summed E-state index contributed by atoms with van der Waals surface area (Å²) in [6, 6.07) is 4.96. The van der Waals surface area contributed by atoms with Crippen LogP contribution in [0.25, 0.3) is 0 Å². The Labute approximate surface area is 142 Å². The zero-order valence-electron chi connectivity index (χ0n) is 14.1. The van der Waals surface area contributed by atoms with Crippen LogP contribution in [0.5, 0.6) is 0 Å². The first-order valence-electron chi connectivity index (χ1n) is 8.04. The first kappa shape index (κ1) is 17.3. The van der Waals surface area contributed by atoms with E-state index in [9.17, 15) is 13.2 Å². The summed E-state index contributed by atoms with van der Waals surface area (Å²) in [5.41, 5.74) is 1.57. The quantitative estimate of drug-likeness (QED) is 0.754. The lowest BCUT2D eigenvalue weighted by atomic mass is 10.2. The van der Waals surface area contributed by atoms with Crippen LogP contribution in [0.2, 0.25) is 0 Å². The number of hydrogen-bond acceptors (Lipinski definition) is 5. The molecule has 1 aromatic rings. The fourth-order valence-corrected chi connectivity index (χ4v) is 4.64. The average Bonchev–Trinajstić information content (AvgIpc) is 2.87. The summed E-state index contributed by atoms with van der Waals surface area (Å²) in [7, 11) is -0.144. The van der Waals surface area contributed by atoms with Crippen molar-refractivity contribution < 1.29 is 17.9 Å². The van der Waals surface area contributed by atoms with Crippen LogP contribution in [-0.4, -0.2) is 77.0 Å². The van der Waals surface area contributed by atoms with E-state index in [0.29, 0.717) is 32.8 Å². The minimum absolute atomic E-state index is 0.00805. The number of methoxy groups -OCH3 is 1. The molecule has 2 aliphatic rings. The van der Waals surface area contributed by atoms with Gasteiger partial charge < -0.3 is 9.64 Å². The molecule has 0 bridgehead atoms. The molecule has 1 amide bonds. The van der Waals surface area contributed by atoms with Crippen LogP contribution in [-0.2, 0) is 26.0 Å². The third-order valence-corrected chi connectivity index (χ3v) is 6.60. The van der Waals surface area contributed by atoms with Crippen LogP contribution in [0.1, 0.15) is 5.56 Å². The van der Waals surface area contributed by atoms with Crippen LogP contribution < -0.4 is 4.90 Å². The number of piperazine rings is 1. The number of ether oxygens (including phenoxy) is 1. The second-order valence-electron chi connectivity index (χ2n) is 6.16. The predicted octanol–water partition coefficient (Wildman–Crippen LogP) is 0.158. The summed E-state index contributed by atoms with van der Waals surface area (Å²) in [5, 5.41) is 0. The number of nitrogens with zero attached hydrogens (tertiary/aromatic N) is 3. The van der Waals surface area contributed by atoms with Crippen molar-refractivity contribution in [1.29, 1.82) is 0 Å². The van der Waals surface area contributed by atoms with E-state index in [1.807, 2.05) is 0 Å². The van der Waals surface area contributed by atoms with Gasteiger partial charge in [0.1, 0.15) is 0 Å². The fourth-order valence-electron chi connectivity index (χ4n) is 3.17. The number of rotatable bonds is 5. The number of carbonyl (C=O) groups excluding carboxylic acids is 1. The molecule has 8 heteroatoms. The molecule has 2 heterocycles. The summed E-state index contributed by atoms with van der Waals surface area (Å²) in [4.78, 5) is 15.8. The molecule has 0 saturated carbocycles. The number of anilines is 1. The Morgan fingerprint density at radius 3 is 2.54 bits per heavy atom. The van der Waals surface area contributed by atoms with Crippen molar-refractivity contribution in [2.24, 2.45) is 0 Å². The lowest BCUT2D eigenvalue weighted by molar-refractivity contribution is -0.117. The monoisotopic (exact) mass is 353 g/mol. The van der Waals surface area contributed by atoms with Crippen molar-refractivity contribution in [2.45, 2.75) is 11.3 Å². The molecule has 24 heavy (non-hydrogen) atoms. The van der Waals surface area contributed by atoms with Crippen molar-refractivity contribution in [3.8, 4) is 0 Å². The van der Waals surface area contributed by atoms with Gasteiger partial charge in [0.05, 0.1) is 17.9 Å². The highest BCUT2D eigenvalue weighted by Gasteiger charge is 2.31. The smallest absolute Gasteiger partial charge is 0.243 e. The molecule has 1 fully saturated rings. The van der Waals surface area contributed by atoms with E-state index < -0.39 is 10.0 Å². The Morgan fingerprint density at radius 2 is 1.88 bits per heavy atom. The van der Waals surface area contributed by atoms with Gasteiger partial charge in [-0.25, -0.2) is 8.42 Å². The van der Waals surface area contributed by atoms with Crippen LogP contribution in [0, 0.1) is 0 Å². The van der Waals surface area contributed by atoms with E-state index in [1.54, 1.807) is 37.3 Å². The first-order valence-corrected chi connectivity index (χ1v) is 9.48. The van der Waals surface area contributed by atoms with Gasteiger partial charge in [0.2, 0.25) is 15.9 Å². The van der Waals surface area contributed by atoms with E-state index >= 15 is 0 Å². The highest BCUT2D eigenvalue weighted by molar-refractivity contribution is 7.89. The van der Waals surface area contributed by atoms with E-state index in [1.165, 1.54) is 4.31 Å². The fraction of sp³-hybridized carbons (Fsp3) is 0.562. The molecule has 2 aliphatic heterocycles. The number of sulfonamides is 1. The standard InChI is InChI=1S/C16H23N3O4S/c1-17-15-4-3-14(11-13(15)12-16(17)20)24(21,22)19-7-5-18(6-8-19)9-10-23-2/h3-4,11H,5-10,12H2,1-2H3. The molecule has 1 saturated heterocycles. The van der Waals surface area contributed by atoms with E-state index in [0.717, 1.165) is 17.8 Å². The van der Waals surface area contributed by atoms with Gasteiger partial charge in [-0.3, -0.25) is 9.69 Å². The molecular weight excluding hydrogens is 330 g/mol. The van der Waals surface area contributed by atoms with Crippen LogP contribution >= 0.6 is 0 Å². The summed E-state index contributed by atoms with van der Waals surface area (Å²) in [6.07, 6.45) is 0.264. The SMILES string of the molecule is COCCN1CCN(S(=O)(=O)c2ccc3c(c2)CC(=O)N3C)CC1. The Morgan fingerprint density at radius 1 is 1.17 bits per heavy atom. The van der Waals surface area contributed by atoms with Crippen molar-refractivity contribution >= 4 is 21.6 Å². The number of fused-ring (bicyclic) bond motifs is 1. The van der Waals surface area contributed by atoms with Gasteiger partial charge in [0.15, 0.2) is 0 Å². The molecule has 0 spiro atoms. The molecule has 0 radical (unpaired) electrons. The molecule has 0 atom stereocenters. The van der Waals surface area contributed by atoms with Gasteiger partial charge in [-0.1, -0.05) is 0 Å². The molecule has 0 aromatic heterocycles. The Hall–Kier alpha value is -1.48. The largest absolute Gasteiger partial charge is 0.383 e. The first-order chi connectivity index (χ1) is 11.4. The molecular formula is C16H23N3O4S. The number of hydrogen-bond donors (Lipinski definition) is 0. The van der Waals surface area contributed by atoms with E-state index in [4.69, 9.17) is 4.74 Å². The molecule has 3 rings (SSSR count). The van der Waals surface area contributed by atoms with Crippen LogP contribution in [0.15, 0.2) is 23.1 Å². The zero-order valence-corrected chi connectivity index (χ0v) is 14.9. The predicted molar refractivity (Wildman–Crippen MR) is 90.6 cm³/mol. The number of likely N-dealkylation sites (N-methyl/N-ethyl adjacent to an activating group) is 1. The lowest BCUT2D eigenvalue weighted by Crippen LogP contribution is -2.49. The maximum Gasteiger partial charge on any atom is 0.243 e. The number of amides is 1. The van der Waals surface area contributed by atoms with Gasteiger partial charge in [-0.05, 0) is 23.8 Å². The maximum absolute atomic E-state index is 12.9. The highest BCUT2D eigenvalue weighted by Crippen LogP contribution is 2.30. The molecule has 0 N–H and O–H groups in total. The third kappa shape index (κ3) is 3.19. The molecule has 7 nitrogen and oxygen atoms in total. The second kappa shape index (κ2) is 6.79. The van der Waals surface area contributed by atoms with Crippen molar-refractivity contribution in [3.63, 3.8) is 0 Å². The summed E-state index contributed by atoms with van der Waals surface area (Å²) < 4.78 is 32.3. The van der Waals surface area contributed by atoms with E-state index in [-0.39, 0.29) is 17.2 Å². The van der Waals surface area contributed by atoms with Gasteiger partial charge >= 0.3 is 0 Å². The van der Waals surface area contributed by atoms with E-state index in [2.05, 4.69) is 4.90 Å². The minimum atomic E-state index is -3.52. The molecule has 0 unspecified atom stereocenters. The number of benzene rings is 1. The highest BCUT2D eigenvalue weighted by atomic mass is 32.2. The Bertz CT molecular complexity index is 727. The van der Waals surface area contributed by atoms with Crippen LogP contribution in [0.3, 0.4) is 0 Å². The Kier molecular flexibility index (Phi) is 4.91. The zero-order chi connectivity index (χ0) is 17.3. The molecule has 0 aliphatic carbocycles. The Balaban J connectivity index is 1.73. The van der Waals surface area contributed by atoms with Gasteiger partial charge in [0, 0.05) is 52.6 Å². The summed E-state index contributed by atoms with van der Waals surface area (Å²) in [6.45, 7) is 3.82. The van der Waals surface area contributed by atoms with Gasteiger partial charge in [-0.2, -0.15) is 4.31 Å². The van der Waals surface area contributed by atoms with Crippen molar-refractivity contribution in [3.05, 3.63) is 23.8 Å². The number of carbonyl (C=O) groups is 1. The minimum Gasteiger partial charge on any atom is -0.383 e. The topological polar surface area (TPSA) is 70.2 Å². The summed E-state index contributed by atoms with van der Waals surface area (Å²) in [5.74, 6) is -0.00805. The lowest BCUT2D eigenvalue weighted by Gasteiger charge is -2.33. The van der Waals surface area contributed by atoms with Gasteiger partial charge in [-0.15, -0.1) is 0 Å². The average molecular weight is 353 g/mol. The van der Waals surface area contributed by atoms with Gasteiger partial charge in [0.25, 0.3) is 0 Å². The maximum atomic E-state index is 12.9. The molecule has 132 valence electrons. The molecule has 1 aromatic carbocycles. The normalized spacial score (nSPS) is 19.8. The van der Waals surface area contributed by atoms with Crippen LogP contribution in [0.4, 0.5) is 5.69 Å².